The first-order chi connectivity index (χ1) is 17.9. The molecular weight excluding hydrogens is 492 g/mol. The lowest BCUT2D eigenvalue weighted by Gasteiger charge is -2.34. The summed E-state index contributed by atoms with van der Waals surface area (Å²) < 4.78 is 1.56. The average molecular weight is 519 g/mol. The van der Waals surface area contributed by atoms with Crippen molar-refractivity contribution < 1.29 is 4.79 Å². The maximum Gasteiger partial charge on any atom is 0.250 e. The first-order valence-electron chi connectivity index (χ1n) is 12.0. The fourth-order valence-electron chi connectivity index (χ4n) is 4.36. The zero-order valence-electron chi connectivity index (χ0n) is 20.4. The molecule has 1 aliphatic rings. The lowest BCUT2D eigenvalue weighted by Crippen LogP contribution is -2.50. The van der Waals surface area contributed by atoms with Gasteiger partial charge in [-0.3, -0.25) is 14.6 Å². The summed E-state index contributed by atoms with van der Waals surface area (Å²) >= 11 is 6.12. The van der Waals surface area contributed by atoms with Crippen LogP contribution in [0.1, 0.15) is 5.56 Å². The van der Waals surface area contributed by atoms with Gasteiger partial charge in [0, 0.05) is 69.8 Å². The first kappa shape index (κ1) is 24.7. The van der Waals surface area contributed by atoms with Crippen LogP contribution in [-0.4, -0.2) is 63.0 Å². The molecule has 1 aliphatic heterocycles. The Kier molecular flexibility index (Phi) is 7.02. The quantitative estimate of drug-likeness (QED) is 0.398. The Morgan fingerprint density at radius 1 is 1.05 bits per heavy atom. The molecule has 1 aromatic carbocycles. The Bertz CT molecular complexity index is 1510. The van der Waals surface area contributed by atoms with Gasteiger partial charge in [-0.15, -0.1) is 0 Å². The molecule has 0 aliphatic carbocycles. The molecule has 190 valence electrons. The molecule has 4 aromatic rings. The number of nitrogens with one attached hydrogen (secondary N) is 1. The highest BCUT2D eigenvalue weighted by molar-refractivity contribution is 6.30. The van der Waals surface area contributed by atoms with E-state index in [-0.39, 0.29) is 18.0 Å². The van der Waals surface area contributed by atoms with Crippen LogP contribution >= 0.6 is 11.6 Å². The largest absolute Gasteiger partial charge is 0.365 e. The van der Waals surface area contributed by atoms with Crippen LogP contribution in [0, 0.1) is 0 Å². The minimum absolute atomic E-state index is 0.0107. The van der Waals surface area contributed by atoms with Gasteiger partial charge in [-0.1, -0.05) is 17.7 Å². The van der Waals surface area contributed by atoms with Crippen LogP contribution in [-0.2, 0) is 18.4 Å². The van der Waals surface area contributed by atoms with Crippen LogP contribution in [0.3, 0.4) is 0 Å². The number of carbonyl (C=O) groups excluding carboxylic acids is 1. The normalized spacial score (nSPS) is 13.7. The zero-order chi connectivity index (χ0) is 25.9. The molecule has 0 unspecified atom stereocenters. The lowest BCUT2D eigenvalue weighted by molar-refractivity contribution is -0.129. The number of anilines is 2. The maximum atomic E-state index is 12.0. The van der Waals surface area contributed by atoms with E-state index in [1.165, 1.54) is 0 Å². The summed E-state index contributed by atoms with van der Waals surface area (Å²) in [6.45, 7) is 2.86. The van der Waals surface area contributed by atoms with Crippen LogP contribution in [0.5, 0.6) is 0 Å². The van der Waals surface area contributed by atoms with E-state index >= 15 is 0 Å². The van der Waals surface area contributed by atoms with Crippen molar-refractivity contribution in [3.05, 3.63) is 75.9 Å². The molecule has 3 N–H and O–H groups in total. The average Bonchev–Trinajstić information content (AvgIpc) is 2.92. The third-order valence-corrected chi connectivity index (χ3v) is 6.62. The van der Waals surface area contributed by atoms with Crippen molar-refractivity contribution in [1.82, 2.24) is 24.4 Å². The lowest BCUT2D eigenvalue weighted by atomic mass is 10.0. The van der Waals surface area contributed by atoms with Crippen molar-refractivity contribution in [3.8, 4) is 11.1 Å². The molecule has 11 heteroatoms. The van der Waals surface area contributed by atoms with Gasteiger partial charge < -0.3 is 25.4 Å². The maximum absolute atomic E-state index is 12.0. The minimum atomic E-state index is -0.0664. The van der Waals surface area contributed by atoms with E-state index < -0.39 is 0 Å². The van der Waals surface area contributed by atoms with Gasteiger partial charge in [0.25, 0.3) is 0 Å². The van der Waals surface area contributed by atoms with E-state index in [9.17, 15) is 9.59 Å². The summed E-state index contributed by atoms with van der Waals surface area (Å²) in [7, 11) is 1.73. The van der Waals surface area contributed by atoms with Gasteiger partial charge in [-0.05, 0) is 41.0 Å². The molecule has 1 fully saturated rings. The van der Waals surface area contributed by atoms with Gasteiger partial charge in [0.05, 0.1) is 17.1 Å². The number of fused-ring (bicyclic) bond motifs is 1. The Morgan fingerprint density at radius 2 is 1.84 bits per heavy atom. The Morgan fingerprint density at radius 3 is 2.57 bits per heavy atom. The van der Waals surface area contributed by atoms with Crippen LogP contribution in [0.15, 0.2) is 59.8 Å². The number of benzene rings is 1. The predicted molar refractivity (Wildman–Crippen MR) is 145 cm³/mol. The van der Waals surface area contributed by atoms with Crippen LogP contribution in [0.25, 0.3) is 22.0 Å². The Hall–Kier alpha value is -4.02. The van der Waals surface area contributed by atoms with Gasteiger partial charge in [0.15, 0.2) is 0 Å². The smallest absolute Gasteiger partial charge is 0.250 e. The first-order valence-corrected chi connectivity index (χ1v) is 12.3. The van der Waals surface area contributed by atoms with Crippen molar-refractivity contribution in [2.75, 3.05) is 42.9 Å². The van der Waals surface area contributed by atoms with E-state index in [0.717, 1.165) is 27.6 Å². The fraction of sp³-hybridized carbons (Fsp3) is 0.269. The number of halogens is 1. The number of piperazine rings is 1. The van der Waals surface area contributed by atoms with Gasteiger partial charge in [-0.2, -0.15) is 4.98 Å². The summed E-state index contributed by atoms with van der Waals surface area (Å²) in [5.41, 5.74) is 9.02. The van der Waals surface area contributed by atoms with Crippen molar-refractivity contribution in [2.45, 2.75) is 6.54 Å². The summed E-state index contributed by atoms with van der Waals surface area (Å²) in [6, 6.07) is 11.2. The van der Waals surface area contributed by atoms with E-state index in [1.54, 1.807) is 35.0 Å². The van der Waals surface area contributed by atoms with Crippen molar-refractivity contribution in [3.63, 3.8) is 0 Å². The number of hydrogen-bond donors (Lipinski definition) is 2. The number of nitrogens with zero attached hydrogens (tertiary/aromatic N) is 6. The molecule has 1 saturated heterocycles. The highest BCUT2D eigenvalue weighted by Gasteiger charge is 2.23. The summed E-state index contributed by atoms with van der Waals surface area (Å²) in [5.74, 6) is 1.21. The predicted octanol–water partition coefficient (Wildman–Crippen LogP) is 2.26. The van der Waals surface area contributed by atoms with Gasteiger partial charge in [0.1, 0.15) is 5.82 Å². The standard InChI is InChI=1S/C26H27ClN8O2/c1-33-16-19(3-5-23(33)36)18-2-4-22-21(11-18)25(30-14-17-10-20(27)15-29-13-17)32-26(31-22)35-8-6-34(7-9-35)24(37)12-28/h2-5,10-11,13,15-16H,6-9,12,14,28H2,1H3,(H,30,31,32). The zero-order valence-corrected chi connectivity index (χ0v) is 21.1. The number of hydrogen-bond acceptors (Lipinski definition) is 8. The highest BCUT2D eigenvalue weighted by Crippen LogP contribution is 2.29. The molecule has 0 atom stereocenters. The van der Waals surface area contributed by atoms with E-state index in [4.69, 9.17) is 27.3 Å². The Labute approximate surface area is 218 Å². The molecule has 4 heterocycles. The summed E-state index contributed by atoms with van der Waals surface area (Å²) in [6.07, 6.45) is 5.16. The molecule has 3 aromatic heterocycles. The number of amides is 1. The minimum Gasteiger partial charge on any atom is -0.365 e. The topological polar surface area (TPSA) is 122 Å². The molecule has 10 nitrogen and oxygen atoms in total. The number of aryl methyl sites for hydroxylation is 1. The number of aromatic nitrogens is 4. The number of carbonyl (C=O) groups is 1. The number of nitrogens with two attached hydrogens (primary N) is 1. The second-order valence-electron chi connectivity index (χ2n) is 8.91. The van der Waals surface area contributed by atoms with E-state index in [1.807, 2.05) is 36.5 Å². The Balaban J connectivity index is 1.51. The number of pyridine rings is 2. The van der Waals surface area contributed by atoms with Gasteiger partial charge >= 0.3 is 0 Å². The fourth-order valence-corrected chi connectivity index (χ4v) is 4.56. The molecule has 0 saturated carbocycles. The molecule has 0 bridgehead atoms. The second kappa shape index (κ2) is 10.5. The van der Waals surface area contributed by atoms with Crippen LogP contribution in [0.2, 0.25) is 5.02 Å². The second-order valence-corrected chi connectivity index (χ2v) is 9.34. The van der Waals surface area contributed by atoms with Crippen molar-refractivity contribution >= 4 is 40.2 Å². The third-order valence-electron chi connectivity index (χ3n) is 6.41. The van der Waals surface area contributed by atoms with E-state index in [2.05, 4.69) is 15.2 Å². The molecular formula is C26H27ClN8O2. The van der Waals surface area contributed by atoms with Crippen molar-refractivity contribution in [2.24, 2.45) is 12.8 Å². The van der Waals surface area contributed by atoms with Crippen LogP contribution in [0.4, 0.5) is 11.8 Å². The van der Waals surface area contributed by atoms with Gasteiger partial charge in [-0.25, -0.2) is 4.98 Å². The van der Waals surface area contributed by atoms with Crippen molar-refractivity contribution in [1.29, 1.82) is 0 Å². The molecule has 5 rings (SSSR count). The molecule has 1 amide bonds. The summed E-state index contributed by atoms with van der Waals surface area (Å²) in [4.78, 5) is 41.6. The molecule has 0 radical (unpaired) electrons. The van der Waals surface area contributed by atoms with Gasteiger partial charge in [0.2, 0.25) is 17.4 Å². The number of rotatable bonds is 6. The summed E-state index contributed by atoms with van der Waals surface area (Å²) in [5, 5.41) is 4.85. The third kappa shape index (κ3) is 5.40. The van der Waals surface area contributed by atoms with Crippen LogP contribution < -0.4 is 21.5 Å². The van der Waals surface area contributed by atoms with E-state index in [0.29, 0.717) is 49.5 Å². The highest BCUT2D eigenvalue weighted by atomic mass is 35.5. The molecule has 37 heavy (non-hydrogen) atoms. The SMILES string of the molecule is Cn1cc(-c2ccc3nc(N4CCN(C(=O)CN)CC4)nc(NCc4cncc(Cl)c4)c3c2)ccc1=O. The molecule has 0 spiro atoms. The monoisotopic (exact) mass is 518 g/mol.